The Hall–Kier alpha value is -2.38. The van der Waals surface area contributed by atoms with Crippen molar-refractivity contribution in [2.75, 3.05) is 12.9 Å². The van der Waals surface area contributed by atoms with Gasteiger partial charge in [-0.15, -0.1) is 0 Å². The summed E-state index contributed by atoms with van der Waals surface area (Å²) >= 11 is 0. The second-order valence-electron chi connectivity index (χ2n) is 7.37. The summed E-state index contributed by atoms with van der Waals surface area (Å²) in [5, 5.41) is 0. The Bertz CT molecular complexity index is 948. The molecule has 0 spiro atoms. The first-order valence-electron chi connectivity index (χ1n) is 9.73. The number of pyridine rings is 1. The maximum atomic E-state index is 13.0. The van der Waals surface area contributed by atoms with Gasteiger partial charge in [0, 0.05) is 37.8 Å². The van der Waals surface area contributed by atoms with Crippen LogP contribution in [0.25, 0.3) is 0 Å². The fraction of sp³-hybridized carbons (Fsp3) is 0.409. The van der Waals surface area contributed by atoms with Gasteiger partial charge in [-0.05, 0) is 49.1 Å². The third-order valence-electron chi connectivity index (χ3n) is 5.17. The number of nitrogens with zero attached hydrogens (tertiary/aromatic N) is 1. The highest BCUT2D eigenvalue weighted by molar-refractivity contribution is 7.90. The van der Waals surface area contributed by atoms with Crippen LogP contribution in [0.4, 0.5) is 0 Å². The Balaban J connectivity index is 1.73. The lowest BCUT2D eigenvalue weighted by molar-refractivity contribution is -0.121. The topological polar surface area (TPSA) is 90.4 Å². The number of Topliss-reactive ketones (excluding diaryl/α,β-unsaturated/α-hetero) is 2. The third-order valence-corrected chi connectivity index (χ3v) is 6.30. The van der Waals surface area contributed by atoms with E-state index < -0.39 is 15.8 Å². The van der Waals surface area contributed by atoms with Crippen LogP contribution < -0.4 is 0 Å². The number of carbonyl (C=O) groups excluding carboxylic acids is 2. The van der Waals surface area contributed by atoms with Crippen LogP contribution in [0.3, 0.4) is 0 Å². The van der Waals surface area contributed by atoms with E-state index >= 15 is 0 Å². The zero-order valence-electron chi connectivity index (χ0n) is 16.4. The summed E-state index contributed by atoms with van der Waals surface area (Å²) in [5.74, 6) is -0.637. The molecule has 0 bridgehead atoms. The van der Waals surface area contributed by atoms with Gasteiger partial charge in [0.05, 0.1) is 11.0 Å². The zero-order chi connectivity index (χ0) is 20.9. The van der Waals surface area contributed by atoms with Gasteiger partial charge in [0.25, 0.3) is 0 Å². The molecule has 3 rings (SSSR count). The normalized spacial score (nSPS) is 17.8. The van der Waals surface area contributed by atoms with Crippen molar-refractivity contribution in [2.45, 2.75) is 49.0 Å². The molecule has 1 aliphatic heterocycles. The number of ether oxygens (including phenoxy) is 1. The lowest BCUT2D eigenvalue weighted by atomic mass is 9.86. The molecular formula is C22H25NO5S. The summed E-state index contributed by atoms with van der Waals surface area (Å²) in [6, 6.07) is 11.5. The minimum Gasteiger partial charge on any atom is -0.378 e. The van der Waals surface area contributed by atoms with E-state index in [0.717, 1.165) is 24.7 Å². The first kappa shape index (κ1) is 21.3. The first-order chi connectivity index (χ1) is 13.8. The molecule has 154 valence electrons. The maximum absolute atomic E-state index is 13.0. The number of sulfone groups is 1. The summed E-state index contributed by atoms with van der Waals surface area (Å²) in [7, 11) is -3.30. The van der Waals surface area contributed by atoms with Gasteiger partial charge in [-0.25, -0.2) is 8.42 Å². The number of hydrogen-bond donors (Lipinski definition) is 0. The molecule has 1 aliphatic rings. The molecule has 1 aromatic heterocycles. The molecule has 1 saturated heterocycles. The molecule has 2 heterocycles. The largest absolute Gasteiger partial charge is 0.378 e. The van der Waals surface area contributed by atoms with E-state index in [4.69, 9.17) is 4.74 Å². The summed E-state index contributed by atoms with van der Waals surface area (Å²) in [6.45, 7) is 0.691. The lowest BCUT2D eigenvalue weighted by Gasteiger charge is -2.20. The highest BCUT2D eigenvalue weighted by Crippen LogP contribution is 2.30. The van der Waals surface area contributed by atoms with E-state index in [0.29, 0.717) is 18.7 Å². The van der Waals surface area contributed by atoms with Gasteiger partial charge in [-0.1, -0.05) is 18.2 Å². The molecule has 1 fully saturated rings. The predicted octanol–water partition coefficient (Wildman–Crippen LogP) is 3.37. The van der Waals surface area contributed by atoms with Gasteiger partial charge in [0.2, 0.25) is 0 Å². The standard InChI is InChI=1S/C22H25NO5S/c1-29(26,27)18-9-7-16(8-10-18)19(15-17-5-4-14-28-17)21(24)11-12-22(25)20-6-2-3-13-23-20/h2-3,6-10,13,17,19H,4-5,11-12,14-15H2,1H3. The SMILES string of the molecule is CS(=O)(=O)c1ccc(C(CC2CCCO2)C(=O)CCC(=O)c2ccccn2)cc1. The Morgan fingerprint density at radius 2 is 1.90 bits per heavy atom. The molecular weight excluding hydrogens is 390 g/mol. The molecule has 29 heavy (non-hydrogen) atoms. The third kappa shape index (κ3) is 5.81. The van der Waals surface area contributed by atoms with Gasteiger partial charge < -0.3 is 4.74 Å². The van der Waals surface area contributed by atoms with Gasteiger partial charge >= 0.3 is 0 Å². The highest BCUT2D eigenvalue weighted by atomic mass is 32.2. The monoisotopic (exact) mass is 415 g/mol. The van der Waals surface area contributed by atoms with Gasteiger partial charge in [0.15, 0.2) is 15.6 Å². The lowest BCUT2D eigenvalue weighted by Crippen LogP contribution is -2.20. The Kier molecular flexibility index (Phi) is 6.92. The molecule has 0 amide bonds. The minimum atomic E-state index is -3.30. The molecule has 0 aliphatic carbocycles. The number of carbonyl (C=O) groups is 2. The highest BCUT2D eigenvalue weighted by Gasteiger charge is 2.27. The van der Waals surface area contributed by atoms with E-state index in [9.17, 15) is 18.0 Å². The number of ketones is 2. The van der Waals surface area contributed by atoms with E-state index in [1.807, 2.05) is 0 Å². The van der Waals surface area contributed by atoms with Gasteiger partial charge in [-0.3, -0.25) is 14.6 Å². The van der Waals surface area contributed by atoms with Gasteiger partial charge in [0.1, 0.15) is 11.5 Å². The van der Waals surface area contributed by atoms with E-state index in [2.05, 4.69) is 4.98 Å². The quantitative estimate of drug-likeness (QED) is 0.583. The van der Waals surface area contributed by atoms with Crippen molar-refractivity contribution in [3.05, 3.63) is 59.9 Å². The summed E-state index contributed by atoms with van der Waals surface area (Å²) in [5.41, 5.74) is 1.11. The van der Waals surface area contributed by atoms with Crippen LogP contribution in [0.5, 0.6) is 0 Å². The Morgan fingerprint density at radius 3 is 2.48 bits per heavy atom. The first-order valence-corrected chi connectivity index (χ1v) is 11.6. The fourth-order valence-corrected chi connectivity index (χ4v) is 4.19. The summed E-state index contributed by atoms with van der Waals surface area (Å²) in [6.07, 6.45) is 5.33. The average Bonchev–Trinajstić information content (AvgIpc) is 3.23. The van der Waals surface area contributed by atoms with Crippen molar-refractivity contribution < 1.29 is 22.7 Å². The molecule has 2 atom stereocenters. The Morgan fingerprint density at radius 1 is 1.14 bits per heavy atom. The van der Waals surface area contributed by atoms with Crippen molar-refractivity contribution in [1.29, 1.82) is 0 Å². The van der Waals surface area contributed by atoms with Crippen LogP contribution in [0.15, 0.2) is 53.6 Å². The average molecular weight is 416 g/mol. The van der Waals surface area contributed by atoms with Crippen LogP contribution in [-0.4, -0.2) is 43.9 Å². The van der Waals surface area contributed by atoms with Gasteiger partial charge in [-0.2, -0.15) is 0 Å². The minimum absolute atomic E-state index is 0.00465. The molecule has 7 heteroatoms. The molecule has 2 unspecified atom stereocenters. The smallest absolute Gasteiger partial charge is 0.181 e. The molecule has 0 radical (unpaired) electrons. The number of hydrogen-bond acceptors (Lipinski definition) is 6. The van der Waals surface area contributed by atoms with Crippen molar-refractivity contribution >= 4 is 21.4 Å². The van der Waals surface area contributed by atoms with Crippen molar-refractivity contribution in [1.82, 2.24) is 4.98 Å². The van der Waals surface area contributed by atoms with Crippen LogP contribution in [0.1, 0.15) is 54.1 Å². The summed E-state index contributed by atoms with van der Waals surface area (Å²) in [4.78, 5) is 29.6. The number of benzene rings is 1. The second-order valence-corrected chi connectivity index (χ2v) is 9.38. The fourth-order valence-electron chi connectivity index (χ4n) is 3.56. The van der Waals surface area contributed by atoms with Crippen molar-refractivity contribution in [3.63, 3.8) is 0 Å². The summed E-state index contributed by atoms with van der Waals surface area (Å²) < 4.78 is 29.1. The van der Waals surface area contributed by atoms with Crippen LogP contribution >= 0.6 is 0 Å². The second kappa shape index (κ2) is 9.41. The zero-order valence-corrected chi connectivity index (χ0v) is 17.2. The van der Waals surface area contributed by atoms with Crippen molar-refractivity contribution in [2.24, 2.45) is 0 Å². The molecule has 0 saturated carbocycles. The van der Waals surface area contributed by atoms with Crippen LogP contribution in [0.2, 0.25) is 0 Å². The maximum Gasteiger partial charge on any atom is 0.181 e. The van der Waals surface area contributed by atoms with Crippen LogP contribution in [0, 0.1) is 0 Å². The van der Waals surface area contributed by atoms with E-state index in [1.54, 1.807) is 36.5 Å². The van der Waals surface area contributed by atoms with Crippen molar-refractivity contribution in [3.8, 4) is 0 Å². The number of aromatic nitrogens is 1. The predicted molar refractivity (Wildman–Crippen MR) is 109 cm³/mol. The van der Waals surface area contributed by atoms with E-state index in [-0.39, 0.29) is 35.4 Å². The Labute approximate surface area is 171 Å². The molecule has 2 aromatic rings. The number of rotatable bonds is 9. The van der Waals surface area contributed by atoms with E-state index in [1.165, 1.54) is 12.1 Å². The molecule has 6 nitrogen and oxygen atoms in total. The van der Waals surface area contributed by atoms with Crippen LogP contribution in [-0.2, 0) is 19.4 Å². The molecule has 1 aromatic carbocycles. The molecule has 0 N–H and O–H groups in total.